The minimum absolute atomic E-state index is 0.497. The lowest BCUT2D eigenvalue weighted by Crippen LogP contribution is -2.18. The average molecular weight is 359 g/mol. The second-order valence-corrected chi connectivity index (χ2v) is 4.90. The Morgan fingerprint density at radius 1 is 1.13 bits per heavy atom. The molecule has 23 heavy (non-hydrogen) atoms. The Balaban J connectivity index is 3.05. The number of nitrogens with two attached hydrogens (primary N) is 3. The summed E-state index contributed by atoms with van der Waals surface area (Å²) in [5, 5.41) is 7.70. The average Bonchev–Trinajstić information content (AvgIpc) is 2.47. The first-order valence-electron chi connectivity index (χ1n) is 5.69. The Bertz CT molecular complexity index is 897. The molecule has 2 rings (SSSR count). The maximum Gasteiger partial charge on any atom is 0.253 e. The summed E-state index contributed by atoms with van der Waals surface area (Å²) in [7, 11) is 0. The largest absolute Gasteiger partial charge is 0.395 e. The predicted molar refractivity (Wildman–Crippen MR) is 79.5 cm³/mol. The van der Waals surface area contributed by atoms with E-state index in [1.165, 1.54) is 0 Å². The van der Waals surface area contributed by atoms with Crippen LogP contribution in [-0.2, 0) is 0 Å². The summed E-state index contributed by atoms with van der Waals surface area (Å²) in [6.07, 6.45) is 0. The van der Waals surface area contributed by atoms with Crippen LogP contribution in [0.2, 0.25) is 10.3 Å². The van der Waals surface area contributed by atoms with Crippen molar-refractivity contribution in [3.8, 4) is 17.3 Å². The molecule has 0 radical (unpaired) electrons. The monoisotopic (exact) mass is 358 g/mol. The number of nitrogen functional groups attached to an aromatic ring is 2. The highest BCUT2D eigenvalue weighted by Gasteiger charge is 2.28. The SMILES string of the molecule is N#Cc1c(-c2c(F)c(Cl)nc(N)c2C(N)=O)nc(Cl)c(F)c1N. The number of hydrogen-bond acceptors (Lipinski definition) is 6. The summed E-state index contributed by atoms with van der Waals surface area (Å²) in [5.41, 5.74) is 13.1. The number of pyridine rings is 2. The fourth-order valence-corrected chi connectivity index (χ4v) is 2.24. The third-order valence-corrected chi connectivity index (χ3v) is 3.35. The molecule has 2 aromatic rings. The van der Waals surface area contributed by atoms with Crippen LogP contribution in [0.3, 0.4) is 0 Å². The Morgan fingerprint density at radius 3 is 2.22 bits per heavy atom. The first-order valence-corrected chi connectivity index (χ1v) is 6.45. The summed E-state index contributed by atoms with van der Waals surface area (Å²) in [6.45, 7) is 0. The lowest BCUT2D eigenvalue weighted by Gasteiger charge is -2.14. The molecule has 118 valence electrons. The molecule has 0 saturated carbocycles. The highest BCUT2D eigenvalue weighted by molar-refractivity contribution is 6.31. The Hall–Kier alpha value is -2.70. The number of rotatable bonds is 2. The molecule has 2 aromatic heterocycles. The van der Waals surface area contributed by atoms with Crippen LogP contribution in [0.5, 0.6) is 0 Å². The molecule has 6 N–H and O–H groups in total. The van der Waals surface area contributed by atoms with Gasteiger partial charge in [0.25, 0.3) is 5.91 Å². The molecule has 11 heteroatoms. The van der Waals surface area contributed by atoms with E-state index in [1.807, 2.05) is 0 Å². The molecule has 0 unspecified atom stereocenters. The van der Waals surface area contributed by atoms with Crippen LogP contribution < -0.4 is 17.2 Å². The van der Waals surface area contributed by atoms with Gasteiger partial charge in [0.1, 0.15) is 17.5 Å². The van der Waals surface area contributed by atoms with Crippen LogP contribution in [0.4, 0.5) is 20.3 Å². The molecule has 0 aliphatic carbocycles. The number of carbonyl (C=O) groups excluding carboxylic acids is 1. The molecular weight excluding hydrogens is 353 g/mol. The van der Waals surface area contributed by atoms with Crippen molar-refractivity contribution in [2.45, 2.75) is 0 Å². The van der Waals surface area contributed by atoms with E-state index in [1.54, 1.807) is 6.07 Å². The lowest BCUT2D eigenvalue weighted by molar-refractivity contribution is 0.100. The molecule has 0 aliphatic heterocycles. The molecule has 1 amide bonds. The van der Waals surface area contributed by atoms with E-state index < -0.39 is 61.7 Å². The van der Waals surface area contributed by atoms with E-state index >= 15 is 0 Å². The van der Waals surface area contributed by atoms with Crippen LogP contribution in [0.25, 0.3) is 11.3 Å². The number of amides is 1. The minimum Gasteiger partial charge on any atom is -0.395 e. The number of hydrogen-bond donors (Lipinski definition) is 3. The first-order chi connectivity index (χ1) is 10.7. The number of primary amides is 1. The summed E-state index contributed by atoms with van der Waals surface area (Å²) in [5.74, 6) is -4.06. The third kappa shape index (κ3) is 2.58. The van der Waals surface area contributed by atoms with Crippen LogP contribution in [0, 0.1) is 23.0 Å². The summed E-state index contributed by atoms with van der Waals surface area (Å²) in [4.78, 5) is 18.5. The predicted octanol–water partition coefficient (Wildman–Crippen LogP) is 1.86. The topological polar surface area (TPSA) is 145 Å². The molecule has 2 heterocycles. The molecule has 7 nitrogen and oxygen atoms in total. The molecule has 0 bridgehead atoms. The van der Waals surface area contributed by atoms with Crippen molar-refractivity contribution in [3.05, 3.63) is 33.1 Å². The molecule has 0 aliphatic rings. The highest BCUT2D eigenvalue weighted by Crippen LogP contribution is 2.37. The quantitative estimate of drug-likeness (QED) is 0.698. The molecule has 0 aromatic carbocycles. The fraction of sp³-hybridized carbons (Fsp3) is 0. The van der Waals surface area contributed by atoms with E-state index in [-0.39, 0.29) is 0 Å². The molecule has 0 fully saturated rings. The number of carbonyl (C=O) groups is 1. The maximum atomic E-state index is 14.4. The van der Waals surface area contributed by atoms with E-state index in [0.29, 0.717) is 0 Å². The van der Waals surface area contributed by atoms with Crippen molar-refractivity contribution in [2.75, 3.05) is 11.5 Å². The maximum absolute atomic E-state index is 14.4. The first kappa shape index (κ1) is 16.7. The molecular formula is C12H6Cl2F2N6O. The molecule has 0 spiro atoms. The number of nitriles is 1. The second kappa shape index (κ2) is 5.83. The fourth-order valence-electron chi connectivity index (χ4n) is 1.87. The van der Waals surface area contributed by atoms with Gasteiger partial charge in [-0.1, -0.05) is 23.2 Å². The van der Waals surface area contributed by atoms with Crippen molar-refractivity contribution in [3.63, 3.8) is 0 Å². The molecule has 0 atom stereocenters. The summed E-state index contributed by atoms with van der Waals surface area (Å²) in [6, 6.07) is 1.55. The number of anilines is 2. The Labute approximate surface area is 137 Å². The van der Waals surface area contributed by atoms with Crippen molar-refractivity contribution in [1.29, 1.82) is 5.26 Å². The Kier molecular flexibility index (Phi) is 4.22. The lowest BCUT2D eigenvalue weighted by atomic mass is 9.99. The van der Waals surface area contributed by atoms with E-state index in [2.05, 4.69) is 9.97 Å². The van der Waals surface area contributed by atoms with Gasteiger partial charge in [0, 0.05) is 0 Å². The highest BCUT2D eigenvalue weighted by atomic mass is 35.5. The van der Waals surface area contributed by atoms with E-state index in [9.17, 15) is 13.6 Å². The van der Waals surface area contributed by atoms with Crippen LogP contribution in [-0.4, -0.2) is 15.9 Å². The standard InChI is InChI=1S/C12H6Cl2F2N6O/c13-9-5(15)3(4(12(20)23)11(19)22-9)8-2(1-17)7(18)6(16)10(14)21-8/h(H2,18,21)(H2,19,22)(H2,20,23). The zero-order valence-corrected chi connectivity index (χ0v) is 12.5. The summed E-state index contributed by atoms with van der Waals surface area (Å²) >= 11 is 11.2. The van der Waals surface area contributed by atoms with Gasteiger partial charge < -0.3 is 17.2 Å². The van der Waals surface area contributed by atoms with Crippen LogP contribution in [0.15, 0.2) is 0 Å². The summed E-state index contributed by atoms with van der Waals surface area (Å²) < 4.78 is 28.1. The van der Waals surface area contributed by atoms with Gasteiger partial charge in [-0.3, -0.25) is 4.79 Å². The van der Waals surface area contributed by atoms with E-state index in [0.717, 1.165) is 0 Å². The smallest absolute Gasteiger partial charge is 0.253 e. The van der Waals surface area contributed by atoms with Gasteiger partial charge in [-0.25, -0.2) is 18.7 Å². The van der Waals surface area contributed by atoms with Crippen molar-refractivity contribution in [1.82, 2.24) is 9.97 Å². The molecule has 0 saturated heterocycles. The number of nitrogens with zero attached hydrogens (tertiary/aromatic N) is 3. The van der Waals surface area contributed by atoms with Crippen LogP contribution in [0.1, 0.15) is 15.9 Å². The van der Waals surface area contributed by atoms with Gasteiger partial charge in [0.2, 0.25) is 0 Å². The second-order valence-electron chi connectivity index (χ2n) is 4.18. The van der Waals surface area contributed by atoms with Gasteiger partial charge in [-0.05, 0) is 0 Å². The van der Waals surface area contributed by atoms with Crippen molar-refractivity contribution >= 4 is 40.6 Å². The third-order valence-electron chi connectivity index (χ3n) is 2.85. The van der Waals surface area contributed by atoms with Crippen molar-refractivity contribution < 1.29 is 13.6 Å². The number of aromatic nitrogens is 2. The minimum atomic E-state index is -1.24. The van der Waals surface area contributed by atoms with Crippen LogP contribution >= 0.6 is 23.2 Å². The normalized spacial score (nSPS) is 10.4. The van der Waals surface area contributed by atoms with E-state index in [4.69, 9.17) is 45.7 Å². The van der Waals surface area contributed by atoms with Crippen molar-refractivity contribution in [2.24, 2.45) is 5.73 Å². The van der Waals surface area contributed by atoms with Gasteiger partial charge in [-0.2, -0.15) is 5.26 Å². The number of halogens is 4. The van der Waals surface area contributed by atoms with Gasteiger partial charge in [0.15, 0.2) is 21.9 Å². The zero-order valence-electron chi connectivity index (χ0n) is 11.0. The Morgan fingerprint density at radius 2 is 1.70 bits per heavy atom. The van der Waals surface area contributed by atoms with Gasteiger partial charge in [0.05, 0.1) is 22.5 Å². The van der Waals surface area contributed by atoms with Gasteiger partial charge >= 0.3 is 0 Å². The van der Waals surface area contributed by atoms with Gasteiger partial charge in [-0.15, -0.1) is 0 Å². The zero-order chi connectivity index (χ0) is 17.5.